The minimum absolute atomic E-state index is 0.0380. The molecule has 1 amide bonds. The molecule has 0 fully saturated rings. The van der Waals surface area contributed by atoms with E-state index in [1.807, 2.05) is 77.7 Å². The topological polar surface area (TPSA) is 36.1 Å². The lowest BCUT2D eigenvalue weighted by molar-refractivity contribution is 0.0993. The summed E-state index contributed by atoms with van der Waals surface area (Å²) in [4.78, 5) is 19.2. The van der Waals surface area contributed by atoms with Crippen LogP contribution in [0.15, 0.2) is 109 Å². The first-order valence-corrected chi connectivity index (χ1v) is 10.5. The van der Waals surface area contributed by atoms with Crippen molar-refractivity contribution >= 4 is 22.5 Å². The first-order valence-electron chi connectivity index (χ1n) is 10.5. The van der Waals surface area contributed by atoms with Crippen molar-refractivity contribution in [3.8, 4) is 11.3 Å². The van der Waals surface area contributed by atoms with Crippen LogP contribution in [0.4, 0.5) is 5.69 Å². The maximum atomic E-state index is 13.6. The zero-order chi connectivity index (χ0) is 20.8. The van der Waals surface area contributed by atoms with Crippen molar-refractivity contribution in [2.24, 2.45) is 0 Å². The van der Waals surface area contributed by atoms with E-state index in [1.165, 1.54) is 0 Å². The molecule has 4 aromatic carbocycles. The fraction of sp³-hybridized carbons (Fsp3) is 0.0357. The largest absolute Gasteiger partial charge is 0.354 e. The van der Waals surface area contributed by atoms with Gasteiger partial charge in [0.05, 0.1) is 11.7 Å². The predicted octanol–water partition coefficient (Wildman–Crippen LogP) is 6.58. The Morgan fingerprint density at radius 3 is 2.13 bits per heavy atom. The molecule has 5 aromatic rings. The molecule has 3 nitrogen and oxygen atoms in total. The van der Waals surface area contributed by atoms with E-state index in [-0.39, 0.29) is 11.9 Å². The van der Waals surface area contributed by atoms with Gasteiger partial charge in [-0.3, -0.25) is 9.69 Å². The number of rotatable bonds is 3. The smallest absolute Gasteiger partial charge is 0.259 e. The molecule has 2 heterocycles. The second-order valence-electron chi connectivity index (χ2n) is 7.83. The minimum Gasteiger partial charge on any atom is -0.354 e. The summed E-state index contributed by atoms with van der Waals surface area (Å²) in [6.07, 6.45) is 0. The number of hydrogen-bond acceptors (Lipinski definition) is 1. The van der Waals surface area contributed by atoms with Crippen molar-refractivity contribution in [2.75, 3.05) is 4.90 Å². The number of amides is 1. The van der Waals surface area contributed by atoms with Crippen LogP contribution >= 0.6 is 0 Å². The summed E-state index contributed by atoms with van der Waals surface area (Å²) in [5.74, 6) is 0.0380. The first-order chi connectivity index (χ1) is 15.3. The molecule has 0 radical (unpaired) electrons. The average molecular weight is 400 g/mol. The summed E-state index contributed by atoms with van der Waals surface area (Å²) >= 11 is 0. The molecule has 1 aliphatic heterocycles. The molecule has 0 saturated carbocycles. The van der Waals surface area contributed by atoms with E-state index >= 15 is 0 Å². The maximum absolute atomic E-state index is 13.6. The molecule has 0 bridgehead atoms. The number of H-pyrrole nitrogens is 1. The highest BCUT2D eigenvalue weighted by atomic mass is 16.2. The van der Waals surface area contributed by atoms with Crippen molar-refractivity contribution in [3.63, 3.8) is 0 Å². The molecule has 31 heavy (non-hydrogen) atoms. The third-order valence-corrected chi connectivity index (χ3v) is 6.08. The highest BCUT2D eigenvalue weighted by Gasteiger charge is 2.40. The molecule has 1 aromatic heterocycles. The maximum Gasteiger partial charge on any atom is 0.259 e. The molecule has 0 spiro atoms. The van der Waals surface area contributed by atoms with Gasteiger partial charge in [0.1, 0.15) is 0 Å². The molecule has 0 aliphatic carbocycles. The predicted molar refractivity (Wildman–Crippen MR) is 125 cm³/mol. The van der Waals surface area contributed by atoms with Crippen LogP contribution in [0, 0.1) is 0 Å². The van der Waals surface area contributed by atoms with Crippen molar-refractivity contribution < 1.29 is 4.79 Å². The summed E-state index contributed by atoms with van der Waals surface area (Å²) in [7, 11) is 0. The molecule has 1 N–H and O–H groups in total. The van der Waals surface area contributed by atoms with Gasteiger partial charge in [0, 0.05) is 27.7 Å². The van der Waals surface area contributed by atoms with Crippen LogP contribution in [-0.4, -0.2) is 10.9 Å². The molecule has 1 aliphatic rings. The molecular weight excluding hydrogens is 380 g/mol. The number of nitrogens with zero attached hydrogens (tertiary/aromatic N) is 1. The third kappa shape index (κ3) is 2.71. The van der Waals surface area contributed by atoms with E-state index in [9.17, 15) is 4.79 Å². The number of aromatic amines is 1. The van der Waals surface area contributed by atoms with Gasteiger partial charge < -0.3 is 4.98 Å². The molecule has 0 saturated heterocycles. The van der Waals surface area contributed by atoms with Crippen LogP contribution < -0.4 is 4.90 Å². The molecule has 0 unspecified atom stereocenters. The van der Waals surface area contributed by atoms with Crippen LogP contribution in [0.5, 0.6) is 0 Å². The Labute approximate surface area is 180 Å². The van der Waals surface area contributed by atoms with Crippen molar-refractivity contribution in [2.45, 2.75) is 6.04 Å². The van der Waals surface area contributed by atoms with Crippen LogP contribution in [0.25, 0.3) is 22.2 Å². The van der Waals surface area contributed by atoms with Crippen molar-refractivity contribution in [3.05, 3.63) is 126 Å². The monoisotopic (exact) mass is 400 g/mol. The fourth-order valence-corrected chi connectivity index (χ4v) is 4.74. The van der Waals surface area contributed by atoms with Gasteiger partial charge in [0.15, 0.2) is 0 Å². The fourth-order valence-electron chi connectivity index (χ4n) is 4.74. The summed E-state index contributed by atoms with van der Waals surface area (Å²) in [6, 6.07) is 36.4. The van der Waals surface area contributed by atoms with E-state index in [1.54, 1.807) is 0 Å². The number of hydrogen-bond donors (Lipinski definition) is 1. The van der Waals surface area contributed by atoms with Crippen LogP contribution in [0.1, 0.15) is 27.5 Å². The van der Waals surface area contributed by atoms with Crippen LogP contribution in [-0.2, 0) is 0 Å². The second-order valence-corrected chi connectivity index (χ2v) is 7.83. The van der Waals surface area contributed by atoms with E-state index < -0.39 is 0 Å². The SMILES string of the molecule is O=C1c2ccccc2[C@@H](c2c(-c3ccccc3)[nH]c3ccccc23)N1c1ccccc1. The Balaban J connectivity index is 1.68. The molecular formula is C28H20N2O. The lowest BCUT2D eigenvalue weighted by Gasteiger charge is -2.27. The zero-order valence-electron chi connectivity index (χ0n) is 16.8. The third-order valence-electron chi connectivity index (χ3n) is 6.08. The molecule has 1 atom stereocenters. The first kappa shape index (κ1) is 17.7. The number of benzene rings is 4. The highest BCUT2D eigenvalue weighted by molar-refractivity contribution is 6.13. The number of para-hydroxylation sites is 2. The Bertz CT molecular complexity index is 1400. The Morgan fingerprint density at radius 1 is 0.677 bits per heavy atom. The van der Waals surface area contributed by atoms with Crippen molar-refractivity contribution in [1.29, 1.82) is 0 Å². The molecule has 6 rings (SSSR count). The minimum atomic E-state index is -0.211. The van der Waals surface area contributed by atoms with Crippen LogP contribution in [0.3, 0.4) is 0 Å². The highest BCUT2D eigenvalue weighted by Crippen LogP contribution is 2.47. The van der Waals surface area contributed by atoms with E-state index in [4.69, 9.17) is 0 Å². The van der Waals surface area contributed by atoms with Gasteiger partial charge in [-0.2, -0.15) is 0 Å². The van der Waals surface area contributed by atoms with Crippen LogP contribution in [0.2, 0.25) is 0 Å². The summed E-state index contributed by atoms with van der Waals surface area (Å²) in [5, 5.41) is 1.14. The standard InChI is InChI=1S/C28H20N2O/c31-28-22-16-8-7-15-21(22)27(30(28)20-13-5-2-6-14-20)25-23-17-9-10-18-24(23)29-26(25)19-11-3-1-4-12-19/h1-18,27,29H/t27-/m0/s1. The van der Waals surface area contributed by atoms with Gasteiger partial charge in [-0.25, -0.2) is 0 Å². The summed E-state index contributed by atoms with van der Waals surface area (Å²) < 4.78 is 0. The quantitative estimate of drug-likeness (QED) is 0.365. The van der Waals surface area contributed by atoms with E-state index in [0.717, 1.165) is 44.5 Å². The van der Waals surface area contributed by atoms with E-state index in [2.05, 4.69) is 41.4 Å². The Kier molecular flexibility index (Phi) is 4.00. The molecule has 3 heteroatoms. The lowest BCUT2D eigenvalue weighted by Crippen LogP contribution is -2.28. The number of carbonyl (C=O) groups excluding carboxylic acids is 1. The van der Waals surface area contributed by atoms with E-state index in [0.29, 0.717) is 0 Å². The number of nitrogens with one attached hydrogen (secondary N) is 1. The Hall–Kier alpha value is -4.11. The van der Waals surface area contributed by atoms with Gasteiger partial charge in [0.25, 0.3) is 5.91 Å². The lowest BCUT2D eigenvalue weighted by atomic mass is 9.93. The van der Waals surface area contributed by atoms with Crippen molar-refractivity contribution in [1.82, 2.24) is 4.98 Å². The Morgan fingerprint density at radius 2 is 1.32 bits per heavy atom. The normalized spacial score (nSPS) is 15.4. The van der Waals surface area contributed by atoms with Gasteiger partial charge in [-0.1, -0.05) is 84.9 Å². The van der Waals surface area contributed by atoms with Gasteiger partial charge >= 0.3 is 0 Å². The summed E-state index contributed by atoms with van der Waals surface area (Å²) in [5.41, 5.74) is 7.07. The number of fused-ring (bicyclic) bond motifs is 2. The number of aromatic nitrogens is 1. The van der Waals surface area contributed by atoms with Gasteiger partial charge in [-0.15, -0.1) is 0 Å². The molecule has 148 valence electrons. The van der Waals surface area contributed by atoms with Gasteiger partial charge in [0.2, 0.25) is 0 Å². The number of carbonyl (C=O) groups is 1. The second kappa shape index (κ2) is 6.99. The van der Waals surface area contributed by atoms with Gasteiger partial charge in [-0.05, 0) is 35.4 Å². The number of anilines is 1. The zero-order valence-corrected chi connectivity index (χ0v) is 16.8. The average Bonchev–Trinajstić information content (AvgIpc) is 3.35. The summed E-state index contributed by atoms with van der Waals surface area (Å²) in [6.45, 7) is 0.